The quantitative estimate of drug-likeness (QED) is 0.850. The van der Waals surface area contributed by atoms with Crippen LogP contribution in [0.4, 0.5) is 0 Å². The van der Waals surface area contributed by atoms with Gasteiger partial charge in [-0.2, -0.15) is 0 Å². The molecule has 3 heteroatoms. The second-order valence-corrected chi connectivity index (χ2v) is 7.29. The SMILES string of the molecule is CC(C)C(Cn1cncc1CNC(C)(C)C)C(C)C. The Morgan fingerprint density at radius 3 is 2.21 bits per heavy atom. The molecule has 1 rings (SSSR count). The fourth-order valence-corrected chi connectivity index (χ4v) is 2.43. The molecule has 0 spiro atoms. The molecular formula is C16H31N3. The van der Waals surface area contributed by atoms with Crippen LogP contribution in [0, 0.1) is 17.8 Å². The molecule has 1 aromatic heterocycles. The van der Waals surface area contributed by atoms with Gasteiger partial charge < -0.3 is 9.88 Å². The fraction of sp³-hybridized carbons (Fsp3) is 0.812. The molecule has 1 aromatic rings. The summed E-state index contributed by atoms with van der Waals surface area (Å²) in [5.74, 6) is 2.10. The zero-order valence-electron chi connectivity index (χ0n) is 13.7. The molecular weight excluding hydrogens is 234 g/mol. The predicted octanol–water partition coefficient (Wildman–Crippen LogP) is 3.70. The van der Waals surface area contributed by atoms with Crippen molar-refractivity contribution in [3.05, 3.63) is 18.2 Å². The fourth-order valence-electron chi connectivity index (χ4n) is 2.43. The highest BCUT2D eigenvalue weighted by atomic mass is 15.1. The van der Waals surface area contributed by atoms with Crippen molar-refractivity contribution < 1.29 is 0 Å². The molecule has 110 valence electrons. The van der Waals surface area contributed by atoms with Crippen molar-refractivity contribution in [2.45, 2.75) is 67.1 Å². The van der Waals surface area contributed by atoms with Crippen LogP contribution in [0.3, 0.4) is 0 Å². The van der Waals surface area contributed by atoms with Crippen LogP contribution in [-0.2, 0) is 13.1 Å². The van der Waals surface area contributed by atoms with Crippen LogP contribution in [0.25, 0.3) is 0 Å². The maximum absolute atomic E-state index is 4.32. The lowest BCUT2D eigenvalue weighted by molar-refractivity contribution is 0.248. The van der Waals surface area contributed by atoms with Gasteiger partial charge in [-0.25, -0.2) is 4.98 Å². The summed E-state index contributed by atoms with van der Waals surface area (Å²) in [6.45, 7) is 17.8. The topological polar surface area (TPSA) is 29.9 Å². The van der Waals surface area contributed by atoms with Gasteiger partial charge in [0.25, 0.3) is 0 Å². The van der Waals surface area contributed by atoms with Gasteiger partial charge in [-0.15, -0.1) is 0 Å². The first-order valence-electron chi connectivity index (χ1n) is 7.44. The molecule has 0 amide bonds. The Hall–Kier alpha value is -0.830. The molecule has 1 heterocycles. The van der Waals surface area contributed by atoms with Crippen LogP contribution in [0.1, 0.15) is 54.2 Å². The zero-order valence-corrected chi connectivity index (χ0v) is 13.7. The van der Waals surface area contributed by atoms with Gasteiger partial charge in [-0.3, -0.25) is 0 Å². The molecule has 0 radical (unpaired) electrons. The molecule has 0 unspecified atom stereocenters. The number of aromatic nitrogens is 2. The molecule has 0 saturated heterocycles. The number of nitrogens with zero attached hydrogens (tertiary/aromatic N) is 2. The van der Waals surface area contributed by atoms with E-state index in [2.05, 4.69) is 63.3 Å². The Bertz CT molecular complexity index is 364. The van der Waals surface area contributed by atoms with Gasteiger partial charge in [-0.1, -0.05) is 27.7 Å². The van der Waals surface area contributed by atoms with E-state index in [0.29, 0.717) is 17.8 Å². The van der Waals surface area contributed by atoms with Crippen molar-refractivity contribution in [2.24, 2.45) is 17.8 Å². The van der Waals surface area contributed by atoms with Crippen LogP contribution < -0.4 is 5.32 Å². The summed E-state index contributed by atoms with van der Waals surface area (Å²) in [4.78, 5) is 4.32. The molecule has 0 aliphatic heterocycles. The standard InChI is InChI=1S/C16H31N3/c1-12(2)15(13(3)4)10-19-11-17-8-14(19)9-18-16(5,6)7/h8,11-13,15,18H,9-10H2,1-7H3. The monoisotopic (exact) mass is 265 g/mol. The first kappa shape index (κ1) is 16.2. The minimum atomic E-state index is 0.143. The first-order valence-corrected chi connectivity index (χ1v) is 7.44. The Balaban J connectivity index is 2.71. The summed E-state index contributed by atoms with van der Waals surface area (Å²) in [5.41, 5.74) is 1.42. The molecule has 0 saturated carbocycles. The van der Waals surface area contributed by atoms with Crippen molar-refractivity contribution >= 4 is 0 Å². The lowest BCUT2D eigenvalue weighted by Crippen LogP contribution is -2.36. The van der Waals surface area contributed by atoms with Crippen molar-refractivity contribution in [1.82, 2.24) is 14.9 Å². The van der Waals surface area contributed by atoms with Crippen LogP contribution in [0.5, 0.6) is 0 Å². The van der Waals surface area contributed by atoms with E-state index in [-0.39, 0.29) is 5.54 Å². The van der Waals surface area contributed by atoms with E-state index in [4.69, 9.17) is 0 Å². The summed E-state index contributed by atoms with van der Waals surface area (Å²) in [5, 5.41) is 3.54. The van der Waals surface area contributed by atoms with Gasteiger partial charge in [0.2, 0.25) is 0 Å². The number of hydrogen-bond acceptors (Lipinski definition) is 2. The third kappa shape index (κ3) is 5.35. The van der Waals surface area contributed by atoms with Crippen molar-refractivity contribution in [1.29, 1.82) is 0 Å². The Morgan fingerprint density at radius 1 is 1.16 bits per heavy atom. The van der Waals surface area contributed by atoms with E-state index < -0.39 is 0 Å². The molecule has 0 aliphatic carbocycles. The van der Waals surface area contributed by atoms with E-state index >= 15 is 0 Å². The molecule has 0 fully saturated rings. The highest BCUT2D eigenvalue weighted by molar-refractivity contribution is 4.99. The maximum atomic E-state index is 4.32. The van der Waals surface area contributed by atoms with Gasteiger partial charge in [0.1, 0.15) is 0 Å². The van der Waals surface area contributed by atoms with Gasteiger partial charge in [-0.05, 0) is 38.5 Å². The summed E-state index contributed by atoms with van der Waals surface area (Å²) in [6.07, 6.45) is 3.95. The first-order chi connectivity index (χ1) is 8.70. The van der Waals surface area contributed by atoms with Gasteiger partial charge >= 0.3 is 0 Å². The largest absolute Gasteiger partial charge is 0.333 e. The number of imidazole rings is 1. The number of rotatable bonds is 6. The van der Waals surface area contributed by atoms with Crippen molar-refractivity contribution in [3.8, 4) is 0 Å². The summed E-state index contributed by atoms with van der Waals surface area (Å²) < 4.78 is 2.31. The molecule has 0 atom stereocenters. The normalized spacial score (nSPS) is 12.9. The summed E-state index contributed by atoms with van der Waals surface area (Å²) in [7, 11) is 0. The molecule has 0 bridgehead atoms. The van der Waals surface area contributed by atoms with Gasteiger partial charge in [0, 0.05) is 24.8 Å². The molecule has 0 aromatic carbocycles. The highest BCUT2D eigenvalue weighted by Gasteiger charge is 2.19. The number of nitrogens with one attached hydrogen (secondary N) is 1. The minimum Gasteiger partial charge on any atom is -0.333 e. The Kier molecular flexibility index (Phi) is 5.60. The summed E-state index contributed by atoms with van der Waals surface area (Å²) >= 11 is 0. The van der Waals surface area contributed by atoms with Gasteiger partial charge in [0.15, 0.2) is 0 Å². The Labute approximate surface area is 118 Å². The van der Waals surface area contributed by atoms with E-state index in [0.717, 1.165) is 13.1 Å². The van der Waals surface area contributed by atoms with Crippen molar-refractivity contribution in [3.63, 3.8) is 0 Å². The Morgan fingerprint density at radius 2 is 1.74 bits per heavy atom. The minimum absolute atomic E-state index is 0.143. The average Bonchev–Trinajstić information content (AvgIpc) is 2.68. The molecule has 19 heavy (non-hydrogen) atoms. The lowest BCUT2D eigenvalue weighted by Gasteiger charge is -2.27. The van der Waals surface area contributed by atoms with E-state index in [1.807, 2.05) is 12.5 Å². The van der Waals surface area contributed by atoms with E-state index in [1.54, 1.807) is 0 Å². The third-order valence-corrected chi connectivity index (χ3v) is 3.72. The predicted molar refractivity (Wildman–Crippen MR) is 82.0 cm³/mol. The maximum Gasteiger partial charge on any atom is 0.0948 e. The second kappa shape index (κ2) is 6.56. The van der Waals surface area contributed by atoms with E-state index in [1.165, 1.54) is 5.69 Å². The van der Waals surface area contributed by atoms with Crippen LogP contribution in [0.2, 0.25) is 0 Å². The zero-order chi connectivity index (χ0) is 14.6. The lowest BCUT2D eigenvalue weighted by atomic mass is 9.85. The highest BCUT2D eigenvalue weighted by Crippen LogP contribution is 2.23. The third-order valence-electron chi connectivity index (χ3n) is 3.72. The number of hydrogen-bond donors (Lipinski definition) is 1. The molecule has 1 N–H and O–H groups in total. The van der Waals surface area contributed by atoms with Crippen LogP contribution >= 0.6 is 0 Å². The second-order valence-electron chi connectivity index (χ2n) is 7.29. The molecule has 3 nitrogen and oxygen atoms in total. The van der Waals surface area contributed by atoms with Crippen molar-refractivity contribution in [2.75, 3.05) is 0 Å². The van der Waals surface area contributed by atoms with Crippen LogP contribution in [0.15, 0.2) is 12.5 Å². The summed E-state index contributed by atoms with van der Waals surface area (Å²) in [6, 6.07) is 0. The smallest absolute Gasteiger partial charge is 0.0948 e. The van der Waals surface area contributed by atoms with Crippen LogP contribution in [-0.4, -0.2) is 15.1 Å². The average molecular weight is 265 g/mol. The van der Waals surface area contributed by atoms with E-state index in [9.17, 15) is 0 Å². The van der Waals surface area contributed by atoms with Gasteiger partial charge in [0.05, 0.1) is 12.0 Å². The molecule has 0 aliphatic rings.